The topological polar surface area (TPSA) is 12.5 Å². The predicted molar refractivity (Wildman–Crippen MR) is 46.7 cm³/mol. The van der Waals surface area contributed by atoms with Gasteiger partial charge < -0.3 is 4.74 Å². The molecule has 1 aliphatic rings. The van der Waals surface area contributed by atoms with Crippen molar-refractivity contribution in [1.82, 2.24) is 4.90 Å². The van der Waals surface area contributed by atoms with Gasteiger partial charge in [-0.3, -0.25) is 4.90 Å². The largest absolute Gasteiger partial charge is 0.380 e. The average molecular weight is 173 g/mol. The van der Waals surface area contributed by atoms with E-state index in [1.165, 1.54) is 0 Å². The fourth-order valence-electron chi connectivity index (χ4n) is 1.78. The zero-order chi connectivity index (χ0) is 9.14. The Morgan fingerprint density at radius 2 is 2.42 bits per heavy atom. The number of methoxy groups -OCH3 is 1. The average Bonchev–Trinajstić information content (AvgIpc) is 2.45. The van der Waals surface area contributed by atoms with Crippen molar-refractivity contribution in [2.75, 3.05) is 20.7 Å². The second-order valence-electron chi connectivity index (χ2n) is 3.30. The lowest BCUT2D eigenvalue weighted by Crippen LogP contribution is -2.36. The van der Waals surface area contributed by atoms with Gasteiger partial charge in [-0.05, 0) is 26.0 Å². The van der Waals surface area contributed by atoms with Gasteiger partial charge in [-0.25, -0.2) is 4.39 Å². The van der Waals surface area contributed by atoms with Crippen molar-refractivity contribution in [1.29, 1.82) is 0 Å². The van der Waals surface area contributed by atoms with E-state index in [1.807, 2.05) is 14.0 Å². The molecule has 0 aromatic heterocycles. The van der Waals surface area contributed by atoms with Crippen molar-refractivity contribution in [3.05, 3.63) is 11.9 Å². The van der Waals surface area contributed by atoms with Gasteiger partial charge in [0.1, 0.15) is 0 Å². The zero-order valence-corrected chi connectivity index (χ0v) is 7.88. The number of likely N-dealkylation sites (tertiary alicyclic amines) is 1. The van der Waals surface area contributed by atoms with Crippen LogP contribution in [0.2, 0.25) is 0 Å². The summed E-state index contributed by atoms with van der Waals surface area (Å²) in [5.74, 6) is 0. The molecule has 2 atom stereocenters. The van der Waals surface area contributed by atoms with E-state index in [1.54, 1.807) is 7.11 Å². The molecule has 0 aromatic carbocycles. The molecule has 1 heterocycles. The molecule has 0 saturated carbocycles. The highest BCUT2D eigenvalue weighted by Gasteiger charge is 2.30. The lowest BCUT2D eigenvalue weighted by molar-refractivity contribution is 0.0641. The first-order chi connectivity index (χ1) is 5.70. The van der Waals surface area contributed by atoms with Gasteiger partial charge in [-0.15, -0.1) is 0 Å². The van der Waals surface area contributed by atoms with Gasteiger partial charge >= 0.3 is 0 Å². The lowest BCUT2D eigenvalue weighted by Gasteiger charge is -2.25. The first kappa shape index (κ1) is 9.68. The van der Waals surface area contributed by atoms with Gasteiger partial charge in [-0.1, -0.05) is 0 Å². The van der Waals surface area contributed by atoms with Crippen molar-refractivity contribution in [3.8, 4) is 0 Å². The Kier molecular flexibility index (Phi) is 3.23. The Morgan fingerprint density at radius 1 is 1.75 bits per heavy atom. The van der Waals surface area contributed by atoms with E-state index < -0.39 is 0 Å². The molecule has 0 radical (unpaired) electrons. The molecule has 1 saturated heterocycles. The molecular formula is C9H16FNO. The first-order valence-corrected chi connectivity index (χ1v) is 4.23. The molecule has 1 aliphatic heterocycles. The molecule has 1 fully saturated rings. The number of halogens is 1. The Morgan fingerprint density at radius 3 is 2.92 bits per heavy atom. The third kappa shape index (κ3) is 1.67. The van der Waals surface area contributed by atoms with Crippen molar-refractivity contribution in [3.63, 3.8) is 0 Å². The van der Waals surface area contributed by atoms with E-state index in [0.717, 1.165) is 24.9 Å². The quantitative estimate of drug-likeness (QED) is 0.628. The molecule has 70 valence electrons. The van der Waals surface area contributed by atoms with Gasteiger partial charge in [0, 0.05) is 13.7 Å². The van der Waals surface area contributed by atoms with Gasteiger partial charge in [0.05, 0.1) is 18.5 Å². The standard InChI is InChI=1S/C9H16FNO/c1-7(12-3)9-8(6-10)4-5-11(9)2/h6-7,9H,4-5H2,1-3H3/b8-6+/t7-,9+/m0/s1. The minimum absolute atomic E-state index is 0.0690. The summed E-state index contributed by atoms with van der Waals surface area (Å²) < 4.78 is 17.6. The second-order valence-corrected chi connectivity index (χ2v) is 3.30. The minimum Gasteiger partial charge on any atom is -0.380 e. The monoisotopic (exact) mass is 173 g/mol. The highest BCUT2D eigenvalue weighted by molar-refractivity contribution is 5.15. The molecule has 0 amide bonds. The molecule has 1 rings (SSSR count). The Labute approximate surface area is 73.0 Å². The van der Waals surface area contributed by atoms with Crippen LogP contribution in [0.4, 0.5) is 4.39 Å². The fourth-order valence-corrected chi connectivity index (χ4v) is 1.78. The van der Waals surface area contributed by atoms with E-state index in [4.69, 9.17) is 4.74 Å². The van der Waals surface area contributed by atoms with Crippen LogP contribution in [0.5, 0.6) is 0 Å². The summed E-state index contributed by atoms with van der Waals surface area (Å²) in [6, 6.07) is 0.125. The molecule has 3 heteroatoms. The van der Waals surface area contributed by atoms with Crippen LogP contribution in [0, 0.1) is 0 Å². The van der Waals surface area contributed by atoms with Gasteiger partial charge in [0.25, 0.3) is 0 Å². The van der Waals surface area contributed by atoms with Gasteiger partial charge in [0.15, 0.2) is 0 Å². The number of rotatable bonds is 2. The summed E-state index contributed by atoms with van der Waals surface area (Å²) >= 11 is 0. The highest BCUT2D eigenvalue weighted by atomic mass is 19.1. The summed E-state index contributed by atoms with van der Waals surface area (Å²) in [6.45, 7) is 2.89. The van der Waals surface area contributed by atoms with Crippen molar-refractivity contribution in [2.45, 2.75) is 25.5 Å². The number of ether oxygens (including phenoxy) is 1. The van der Waals surface area contributed by atoms with Crippen LogP contribution in [0.1, 0.15) is 13.3 Å². The van der Waals surface area contributed by atoms with E-state index >= 15 is 0 Å². The Hall–Kier alpha value is -0.410. The summed E-state index contributed by atoms with van der Waals surface area (Å²) in [6.07, 6.45) is 1.62. The van der Waals surface area contributed by atoms with E-state index in [0.29, 0.717) is 0 Å². The number of likely N-dealkylation sites (N-methyl/N-ethyl adjacent to an activating group) is 1. The van der Waals surface area contributed by atoms with Crippen LogP contribution in [0.3, 0.4) is 0 Å². The molecule has 2 nitrogen and oxygen atoms in total. The summed E-state index contributed by atoms with van der Waals surface area (Å²) in [7, 11) is 3.66. The van der Waals surface area contributed by atoms with Gasteiger partial charge in [0.2, 0.25) is 0 Å². The fraction of sp³-hybridized carbons (Fsp3) is 0.778. The van der Waals surface area contributed by atoms with Crippen molar-refractivity contribution in [2.24, 2.45) is 0 Å². The van der Waals surface area contributed by atoms with E-state index in [-0.39, 0.29) is 12.1 Å². The number of hydrogen-bond acceptors (Lipinski definition) is 2. The molecule has 0 aliphatic carbocycles. The van der Waals surface area contributed by atoms with E-state index in [2.05, 4.69) is 4.90 Å². The number of nitrogens with zero attached hydrogens (tertiary/aromatic N) is 1. The summed E-state index contributed by atoms with van der Waals surface area (Å²) in [5.41, 5.74) is 0.854. The Balaban J connectivity index is 2.70. The van der Waals surface area contributed by atoms with Crippen LogP contribution in [-0.4, -0.2) is 37.7 Å². The molecule has 0 bridgehead atoms. The maximum Gasteiger partial charge on any atom is 0.0876 e. The summed E-state index contributed by atoms with van der Waals surface area (Å²) in [4.78, 5) is 2.12. The van der Waals surface area contributed by atoms with Crippen molar-refractivity contribution >= 4 is 0 Å². The number of hydrogen-bond donors (Lipinski definition) is 0. The minimum atomic E-state index is 0.0690. The third-order valence-electron chi connectivity index (χ3n) is 2.56. The van der Waals surface area contributed by atoms with E-state index in [9.17, 15) is 4.39 Å². The molecule has 12 heavy (non-hydrogen) atoms. The molecule has 0 N–H and O–H groups in total. The maximum atomic E-state index is 12.4. The molecule has 0 spiro atoms. The molecule has 0 unspecified atom stereocenters. The lowest BCUT2D eigenvalue weighted by atomic mass is 10.1. The highest BCUT2D eigenvalue weighted by Crippen LogP contribution is 2.25. The van der Waals surface area contributed by atoms with Crippen molar-refractivity contribution < 1.29 is 9.13 Å². The third-order valence-corrected chi connectivity index (χ3v) is 2.56. The smallest absolute Gasteiger partial charge is 0.0876 e. The zero-order valence-electron chi connectivity index (χ0n) is 7.88. The van der Waals surface area contributed by atoms with Crippen LogP contribution in [0.15, 0.2) is 11.9 Å². The first-order valence-electron chi connectivity index (χ1n) is 4.23. The Bertz CT molecular complexity index is 181. The van der Waals surface area contributed by atoms with Crippen LogP contribution in [-0.2, 0) is 4.74 Å². The van der Waals surface area contributed by atoms with Gasteiger partial charge in [-0.2, -0.15) is 0 Å². The molecular weight excluding hydrogens is 157 g/mol. The van der Waals surface area contributed by atoms with Crippen LogP contribution in [0.25, 0.3) is 0 Å². The normalized spacial score (nSPS) is 31.3. The maximum absolute atomic E-state index is 12.4. The summed E-state index contributed by atoms with van der Waals surface area (Å²) in [5, 5.41) is 0. The molecule has 0 aromatic rings. The van der Waals surface area contributed by atoms with Crippen LogP contribution >= 0.6 is 0 Å². The SMILES string of the molecule is CO[C@@H](C)[C@@H]1/C(=C/F)CCN1C. The second kappa shape index (κ2) is 4.01. The van der Waals surface area contributed by atoms with Crippen LogP contribution < -0.4 is 0 Å². The predicted octanol–water partition coefficient (Wildman–Crippen LogP) is 1.58.